The molecule has 2 aliphatic rings. The molecule has 1 aliphatic heterocycles. The lowest BCUT2D eigenvalue weighted by Gasteiger charge is -2.31. The SMILES string of the molecule is CC(C)(C)OC(=O)N1C[C@@H]2C[C@@H]2c2c(Br)cccc21. The molecule has 0 bridgehead atoms. The van der Waals surface area contributed by atoms with Gasteiger partial charge in [-0.15, -0.1) is 0 Å². The summed E-state index contributed by atoms with van der Waals surface area (Å²) in [5, 5.41) is 0. The number of hydrogen-bond donors (Lipinski definition) is 0. The summed E-state index contributed by atoms with van der Waals surface area (Å²) in [6.45, 7) is 6.48. The van der Waals surface area contributed by atoms with E-state index >= 15 is 0 Å². The summed E-state index contributed by atoms with van der Waals surface area (Å²) < 4.78 is 6.62. The monoisotopic (exact) mass is 323 g/mol. The average Bonchev–Trinajstić information content (AvgIpc) is 3.04. The fraction of sp³-hybridized carbons (Fsp3) is 0.533. The number of ether oxygens (including phenoxy) is 1. The zero-order valence-electron chi connectivity index (χ0n) is 11.4. The molecule has 0 aromatic heterocycles. The number of anilines is 1. The molecule has 0 N–H and O–H groups in total. The molecule has 0 saturated heterocycles. The minimum atomic E-state index is -0.455. The molecule has 0 spiro atoms. The van der Waals surface area contributed by atoms with Crippen LogP contribution < -0.4 is 4.90 Å². The standard InChI is InChI=1S/C15H18BrNO2/c1-15(2,3)19-14(18)17-8-9-7-10(9)13-11(16)5-4-6-12(13)17/h4-6,9-10H,7-8H2,1-3H3/t9-,10-/m0/s1. The first-order valence-electron chi connectivity index (χ1n) is 6.66. The van der Waals surface area contributed by atoms with E-state index in [2.05, 4.69) is 15.9 Å². The second-order valence-corrected chi connectivity index (χ2v) is 7.22. The molecule has 3 rings (SSSR count). The Balaban J connectivity index is 1.94. The van der Waals surface area contributed by atoms with E-state index in [1.165, 1.54) is 12.0 Å². The van der Waals surface area contributed by atoms with Gasteiger partial charge in [-0.05, 0) is 56.7 Å². The van der Waals surface area contributed by atoms with Crippen LogP contribution in [-0.2, 0) is 4.74 Å². The molecule has 1 aromatic rings. The van der Waals surface area contributed by atoms with Crippen LogP contribution in [0.2, 0.25) is 0 Å². The molecule has 1 aliphatic carbocycles. The van der Waals surface area contributed by atoms with Crippen molar-refractivity contribution in [2.24, 2.45) is 5.92 Å². The number of carbonyl (C=O) groups is 1. The molecule has 102 valence electrons. The molecule has 1 fully saturated rings. The van der Waals surface area contributed by atoms with Crippen molar-refractivity contribution in [3.8, 4) is 0 Å². The van der Waals surface area contributed by atoms with E-state index in [1.807, 2.05) is 39.0 Å². The van der Waals surface area contributed by atoms with Crippen molar-refractivity contribution in [2.45, 2.75) is 38.7 Å². The van der Waals surface area contributed by atoms with Crippen LogP contribution >= 0.6 is 15.9 Å². The molecule has 0 unspecified atom stereocenters. The number of amides is 1. The zero-order valence-corrected chi connectivity index (χ0v) is 13.0. The highest BCUT2D eigenvalue weighted by Gasteiger charge is 2.48. The number of halogens is 1. The van der Waals surface area contributed by atoms with Gasteiger partial charge < -0.3 is 4.74 Å². The van der Waals surface area contributed by atoms with Crippen LogP contribution in [0.5, 0.6) is 0 Å². The van der Waals surface area contributed by atoms with Gasteiger partial charge in [0.15, 0.2) is 0 Å². The predicted molar refractivity (Wildman–Crippen MR) is 78.6 cm³/mol. The maximum absolute atomic E-state index is 12.3. The summed E-state index contributed by atoms with van der Waals surface area (Å²) >= 11 is 3.61. The van der Waals surface area contributed by atoms with Gasteiger partial charge in [0.05, 0.1) is 5.69 Å². The third-order valence-corrected chi connectivity index (χ3v) is 4.34. The Labute approximate surface area is 122 Å². The molecule has 4 heteroatoms. The van der Waals surface area contributed by atoms with Crippen molar-refractivity contribution in [3.05, 3.63) is 28.2 Å². The van der Waals surface area contributed by atoms with Crippen molar-refractivity contribution >= 4 is 27.7 Å². The van der Waals surface area contributed by atoms with Crippen LogP contribution in [-0.4, -0.2) is 18.2 Å². The van der Waals surface area contributed by atoms with Crippen molar-refractivity contribution < 1.29 is 9.53 Å². The summed E-state index contributed by atoms with van der Waals surface area (Å²) in [6, 6.07) is 6.04. The summed E-state index contributed by atoms with van der Waals surface area (Å²) in [7, 11) is 0. The van der Waals surface area contributed by atoms with Crippen molar-refractivity contribution in [2.75, 3.05) is 11.4 Å². The van der Waals surface area contributed by atoms with Crippen LogP contribution in [0.3, 0.4) is 0 Å². The molecule has 1 aromatic carbocycles. The Kier molecular flexibility index (Phi) is 2.89. The Bertz CT molecular complexity index is 535. The van der Waals surface area contributed by atoms with Crippen LogP contribution in [0.15, 0.2) is 22.7 Å². The molecule has 2 atom stereocenters. The third kappa shape index (κ3) is 2.38. The second-order valence-electron chi connectivity index (χ2n) is 6.37. The highest BCUT2D eigenvalue weighted by Crippen LogP contribution is 2.56. The van der Waals surface area contributed by atoms with E-state index in [4.69, 9.17) is 4.74 Å². The Morgan fingerprint density at radius 3 is 2.84 bits per heavy atom. The van der Waals surface area contributed by atoms with Crippen molar-refractivity contribution in [1.82, 2.24) is 0 Å². The van der Waals surface area contributed by atoms with E-state index in [0.717, 1.165) is 16.7 Å². The normalized spacial score (nSPS) is 24.5. The van der Waals surface area contributed by atoms with Gasteiger partial charge in [-0.1, -0.05) is 22.0 Å². The number of benzene rings is 1. The first kappa shape index (κ1) is 13.0. The molecule has 3 nitrogen and oxygen atoms in total. The highest BCUT2D eigenvalue weighted by molar-refractivity contribution is 9.10. The molecule has 19 heavy (non-hydrogen) atoms. The third-order valence-electron chi connectivity index (χ3n) is 3.65. The van der Waals surface area contributed by atoms with Gasteiger partial charge in [0.1, 0.15) is 5.60 Å². The lowest BCUT2D eigenvalue weighted by atomic mass is 10.0. The first-order valence-corrected chi connectivity index (χ1v) is 7.45. The number of hydrogen-bond acceptors (Lipinski definition) is 2. The van der Waals surface area contributed by atoms with Gasteiger partial charge in [-0.3, -0.25) is 4.90 Å². The molecule has 1 amide bonds. The van der Waals surface area contributed by atoms with Crippen LogP contribution in [0.4, 0.5) is 10.5 Å². The molecule has 0 radical (unpaired) electrons. The minimum absolute atomic E-state index is 0.239. The molecule has 1 saturated carbocycles. The molecule has 1 heterocycles. The topological polar surface area (TPSA) is 29.5 Å². The largest absolute Gasteiger partial charge is 0.443 e. The summed E-state index contributed by atoms with van der Waals surface area (Å²) in [4.78, 5) is 14.1. The van der Waals surface area contributed by atoms with Gasteiger partial charge in [0.25, 0.3) is 0 Å². The van der Waals surface area contributed by atoms with Crippen molar-refractivity contribution in [1.29, 1.82) is 0 Å². The van der Waals surface area contributed by atoms with Gasteiger partial charge in [0, 0.05) is 11.0 Å². The van der Waals surface area contributed by atoms with Crippen molar-refractivity contribution in [3.63, 3.8) is 0 Å². The Morgan fingerprint density at radius 2 is 2.16 bits per heavy atom. The van der Waals surface area contributed by atoms with Gasteiger partial charge in [0.2, 0.25) is 0 Å². The van der Waals surface area contributed by atoms with Crippen LogP contribution in [0.1, 0.15) is 38.7 Å². The number of nitrogens with zero attached hydrogens (tertiary/aromatic N) is 1. The van der Waals surface area contributed by atoms with Crippen LogP contribution in [0, 0.1) is 5.92 Å². The summed E-state index contributed by atoms with van der Waals surface area (Å²) in [6.07, 6.45) is 0.937. The summed E-state index contributed by atoms with van der Waals surface area (Å²) in [5.74, 6) is 1.21. The highest BCUT2D eigenvalue weighted by atomic mass is 79.9. The lowest BCUT2D eigenvalue weighted by Crippen LogP contribution is -2.40. The van der Waals surface area contributed by atoms with E-state index < -0.39 is 5.60 Å². The smallest absolute Gasteiger partial charge is 0.414 e. The van der Waals surface area contributed by atoms with Gasteiger partial charge >= 0.3 is 6.09 Å². The Morgan fingerprint density at radius 1 is 1.42 bits per heavy atom. The van der Waals surface area contributed by atoms with E-state index in [-0.39, 0.29) is 6.09 Å². The van der Waals surface area contributed by atoms with Gasteiger partial charge in [-0.2, -0.15) is 0 Å². The maximum atomic E-state index is 12.3. The zero-order chi connectivity index (χ0) is 13.8. The number of rotatable bonds is 0. The quantitative estimate of drug-likeness (QED) is 0.712. The maximum Gasteiger partial charge on any atom is 0.414 e. The summed E-state index contributed by atoms with van der Waals surface area (Å²) in [5.41, 5.74) is 1.82. The fourth-order valence-electron chi connectivity index (χ4n) is 2.75. The molecular weight excluding hydrogens is 306 g/mol. The fourth-order valence-corrected chi connectivity index (χ4v) is 3.40. The van der Waals surface area contributed by atoms with E-state index in [1.54, 1.807) is 4.90 Å². The Hall–Kier alpha value is -1.03. The van der Waals surface area contributed by atoms with Gasteiger partial charge in [-0.25, -0.2) is 4.79 Å². The van der Waals surface area contributed by atoms with E-state index in [0.29, 0.717) is 11.8 Å². The second kappa shape index (κ2) is 4.23. The predicted octanol–water partition coefficient (Wildman–Crippen LogP) is 4.31. The first-order chi connectivity index (χ1) is 8.87. The van der Waals surface area contributed by atoms with Crippen LogP contribution in [0.25, 0.3) is 0 Å². The number of fused-ring (bicyclic) bond motifs is 3. The lowest BCUT2D eigenvalue weighted by molar-refractivity contribution is 0.0576. The number of carbonyl (C=O) groups excluding carboxylic acids is 1. The minimum Gasteiger partial charge on any atom is -0.443 e. The average molecular weight is 324 g/mol. The van der Waals surface area contributed by atoms with E-state index in [9.17, 15) is 4.79 Å². The molecular formula is C15H18BrNO2.